The van der Waals surface area contributed by atoms with E-state index >= 15 is 0 Å². The van der Waals surface area contributed by atoms with Crippen LogP contribution in [0, 0.1) is 6.92 Å². The summed E-state index contributed by atoms with van der Waals surface area (Å²) in [4.78, 5) is 11.5. The Balaban J connectivity index is 3.07. The van der Waals surface area contributed by atoms with Gasteiger partial charge in [0.25, 0.3) is 0 Å². The van der Waals surface area contributed by atoms with Gasteiger partial charge in [0.2, 0.25) is 0 Å². The van der Waals surface area contributed by atoms with Gasteiger partial charge in [-0.25, -0.2) is 0 Å². The van der Waals surface area contributed by atoms with Crippen molar-refractivity contribution in [1.29, 1.82) is 0 Å². The third-order valence-electron chi connectivity index (χ3n) is 2.92. The first-order valence-corrected chi connectivity index (χ1v) is 5.61. The van der Waals surface area contributed by atoms with Crippen molar-refractivity contribution < 1.29 is 9.53 Å². The Labute approximate surface area is 102 Å². The maximum absolute atomic E-state index is 11.5. The van der Waals surface area contributed by atoms with Gasteiger partial charge in [0.15, 0.2) is 0 Å². The molecule has 0 aliphatic carbocycles. The fourth-order valence-corrected chi connectivity index (χ4v) is 1.98. The number of hydrogen-bond acceptors (Lipinski definition) is 4. The van der Waals surface area contributed by atoms with Gasteiger partial charge >= 0.3 is 5.97 Å². The molecule has 1 aromatic heterocycles. The van der Waals surface area contributed by atoms with Crippen molar-refractivity contribution in [2.45, 2.75) is 38.6 Å². The standard InChI is InChI=1S/C12H21N3O2/c1-8-9(7-15(4)14-8)10(12(2,3)13)6-11(16)17-5/h7,10H,6,13H2,1-5H3. The third-order valence-corrected chi connectivity index (χ3v) is 2.92. The molecule has 0 bridgehead atoms. The Morgan fingerprint density at radius 1 is 1.65 bits per heavy atom. The number of ether oxygens (including phenoxy) is 1. The minimum absolute atomic E-state index is 0.0938. The van der Waals surface area contributed by atoms with Crippen molar-refractivity contribution in [3.8, 4) is 0 Å². The quantitative estimate of drug-likeness (QED) is 0.799. The zero-order valence-corrected chi connectivity index (χ0v) is 11.2. The SMILES string of the molecule is COC(=O)CC(c1cn(C)nc1C)C(C)(C)N. The number of carbonyl (C=O) groups excluding carboxylic acids is 1. The molecular weight excluding hydrogens is 218 g/mol. The van der Waals surface area contributed by atoms with Crippen LogP contribution in [0.4, 0.5) is 0 Å². The molecule has 0 spiro atoms. The van der Waals surface area contributed by atoms with E-state index in [0.717, 1.165) is 11.3 Å². The highest BCUT2D eigenvalue weighted by molar-refractivity contribution is 5.70. The lowest BCUT2D eigenvalue weighted by atomic mass is 9.80. The van der Waals surface area contributed by atoms with Gasteiger partial charge in [-0.2, -0.15) is 5.10 Å². The molecule has 5 heteroatoms. The molecule has 0 amide bonds. The van der Waals surface area contributed by atoms with Crippen LogP contribution >= 0.6 is 0 Å². The summed E-state index contributed by atoms with van der Waals surface area (Å²) in [6.07, 6.45) is 2.18. The zero-order valence-electron chi connectivity index (χ0n) is 11.2. The largest absolute Gasteiger partial charge is 0.469 e. The molecule has 0 radical (unpaired) electrons. The minimum atomic E-state index is -0.498. The van der Waals surface area contributed by atoms with E-state index in [2.05, 4.69) is 5.10 Å². The van der Waals surface area contributed by atoms with Gasteiger partial charge in [0.05, 0.1) is 19.2 Å². The summed E-state index contributed by atoms with van der Waals surface area (Å²) >= 11 is 0. The molecule has 1 heterocycles. The summed E-state index contributed by atoms with van der Waals surface area (Å²) in [7, 11) is 3.24. The van der Waals surface area contributed by atoms with Crippen molar-refractivity contribution in [3.05, 3.63) is 17.5 Å². The Bertz CT molecular complexity index is 404. The number of rotatable bonds is 4. The number of nitrogens with two attached hydrogens (primary N) is 1. The third kappa shape index (κ3) is 3.30. The summed E-state index contributed by atoms with van der Waals surface area (Å²) < 4.78 is 6.46. The number of nitrogens with zero attached hydrogens (tertiary/aromatic N) is 2. The molecule has 0 aromatic carbocycles. The fourth-order valence-electron chi connectivity index (χ4n) is 1.98. The van der Waals surface area contributed by atoms with Crippen LogP contribution < -0.4 is 5.73 Å². The van der Waals surface area contributed by atoms with Crippen LogP contribution in [0.5, 0.6) is 0 Å². The van der Waals surface area contributed by atoms with Crippen LogP contribution in [0.3, 0.4) is 0 Å². The monoisotopic (exact) mass is 239 g/mol. The Kier molecular flexibility index (Phi) is 3.93. The predicted molar refractivity (Wildman–Crippen MR) is 65.6 cm³/mol. The average molecular weight is 239 g/mol. The first-order chi connectivity index (χ1) is 7.75. The van der Waals surface area contributed by atoms with Gasteiger partial charge in [-0.3, -0.25) is 9.48 Å². The lowest BCUT2D eigenvalue weighted by Crippen LogP contribution is -2.40. The number of methoxy groups -OCH3 is 1. The molecule has 5 nitrogen and oxygen atoms in total. The number of esters is 1. The molecule has 0 fully saturated rings. The van der Waals surface area contributed by atoms with Crippen LogP contribution in [0.2, 0.25) is 0 Å². The molecule has 1 unspecified atom stereocenters. The minimum Gasteiger partial charge on any atom is -0.469 e. The van der Waals surface area contributed by atoms with E-state index in [1.54, 1.807) is 4.68 Å². The van der Waals surface area contributed by atoms with Gasteiger partial charge in [-0.15, -0.1) is 0 Å². The molecular formula is C12H21N3O2. The maximum atomic E-state index is 11.5. The number of carbonyl (C=O) groups is 1. The molecule has 1 aromatic rings. The second kappa shape index (κ2) is 4.87. The lowest BCUT2D eigenvalue weighted by Gasteiger charge is -2.29. The average Bonchev–Trinajstić information content (AvgIpc) is 2.52. The summed E-state index contributed by atoms with van der Waals surface area (Å²) in [5.41, 5.74) is 7.56. The van der Waals surface area contributed by atoms with Gasteiger partial charge < -0.3 is 10.5 Å². The van der Waals surface area contributed by atoms with Crippen LogP contribution in [0.1, 0.15) is 37.4 Å². The summed E-state index contributed by atoms with van der Waals surface area (Å²) in [6.45, 7) is 5.74. The highest BCUT2D eigenvalue weighted by Gasteiger charge is 2.31. The van der Waals surface area contributed by atoms with Crippen molar-refractivity contribution in [3.63, 3.8) is 0 Å². The normalized spacial score (nSPS) is 13.5. The second-order valence-electron chi connectivity index (χ2n) is 5.00. The van der Waals surface area contributed by atoms with E-state index in [1.807, 2.05) is 34.0 Å². The molecule has 0 saturated carbocycles. The van der Waals surface area contributed by atoms with E-state index in [0.29, 0.717) is 0 Å². The highest BCUT2D eigenvalue weighted by atomic mass is 16.5. The van der Waals surface area contributed by atoms with Crippen molar-refractivity contribution in [1.82, 2.24) is 9.78 Å². The molecule has 2 N–H and O–H groups in total. The van der Waals surface area contributed by atoms with E-state index in [1.165, 1.54) is 7.11 Å². The fraction of sp³-hybridized carbons (Fsp3) is 0.667. The Hall–Kier alpha value is -1.36. The Morgan fingerprint density at radius 2 is 2.24 bits per heavy atom. The topological polar surface area (TPSA) is 70.1 Å². The van der Waals surface area contributed by atoms with Crippen LogP contribution in [0.15, 0.2) is 6.20 Å². The molecule has 17 heavy (non-hydrogen) atoms. The first kappa shape index (κ1) is 13.7. The highest BCUT2D eigenvalue weighted by Crippen LogP contribution is 2.31. The maximum Gasteiger partial charge on any atom is 0.306 e. The van der Waals surface area contributed by atoms with Crippen LogP contribution in [0.25, 0.3) is 0 Å². The second-order valence-corrected chi connectivity index (χ2v) is 5.00. The molecule has 96 valence electrons. The van der Waals surface area contributed by atoms with Crippen molar-refractivity contribution in [2.75, 3.05) is 7.11 Å². The molecule has 0 aliphatic rings. The van der Waals surface area contributed by atoms with Gasteiger partial charge in [-0.05, 0) is 26.3 Å². The van der Waals surface area contributed by atoms with E-state index < -0.39 is 5.54 Å². The van der Waals surface area contributed by atoms with E-state index in [9.17, 15) is 4.79 Å². The molecule has 1 atom stereocenters. The molecule has 0 aliphatic heterocycles. The number of aromatic nitrogens is 2. The zero-order chi connectivity index (χ0) is 13.2. The van der Waals surface area contributed by atoms with E-state index in [-0.39, 0.29) is 18.3 Å². The van der Waals surface area contributed by atoms with Gasteiger partial charge in [-0.1, -0.05) is 0 Å². The summed E-state index contributed by atoms with van der Waals surface area (Å²) in [5.74, 6) is -0.347. The first-order valence-electron chi connectivity index (χ1n) is 5.61. The van der Waals surface area contributed by atoms with Crippen molar-refractivity contribution in [2.24, 2.45) is 12.8 Å². The molecule has 0 saturated heterocycles. The van der Waals surface area contributed by atoms with Crippen LogP contribution in [-0.4, -0.2) is 28.4 Å². The van der Waals surface area contributed by atoms with Crippen LogP contribution in [-0.2, 0) is 16.6 Å². The summed E-state index contributed by atoms with van der Waals surface area (Å²) in [6, 6.07) is 0. The van der Waals surface area contributed by atoms with E-state index in [4.69, 9.17) is 10.5 Å². The lowest BCUT2D eigenvalue weighted by molar-refractivity contribution is -0.141. The van der Waals surface area contributed by atoms with Gasteiger partial charge in [0.1, 0.15) is 0 Å². The molecule has 1 rings (SSSR count). The Morgan fingerprint density at radius 3 is 2.59 bits per heavy atom. The van der Waals surface area contributed by atoms with Crippen molar-refractivity contribution >= 4 is 5.97 Å². The predicted octanol–water partition coefficient (Wildman–Crippen LogP) is 1.11. The summed E-state index contributed by atoms with van der Waals surface area (Å²) in [5, 5.41) is 4.29. The smallest absolute Gasteiger partial charge is 0.306 e. The van der Waals surface area contributed by atoms with Gasteiger partial charge in [0, 0.05) is 24.7 Å². The number of hydrogen-bond donors (Lipinski definition) is 1. The number of aryl methyl sites for hydroxylation is 2.